The standard InChI is InChI=1S/C17H20FN5O2/c1-10-8-12(18)6-7-14(10)23-17(19-11(2)22-23)21-16(25)9-13-4-3-5-15(24)20-13/h6-8,13H,3-5,9H2,1-2H3,(H,20,24)(H,19,21,22,25). The largest absolute Gasteiger partial charge is 0.353 e. The zero-order valence-corrected chi connectivity index (χ0v) is 14.2. The Morgan fingerprint density at radius 1 is 1.44 bits per heavy atom. The lowest BCUT2D eigenvalue weighted by Gasteiger charge is -2.22. The van der Waals surface area contributed by atoms with Crippen molar-refractivity contribution in [3.8, 4) is 5.69 Å². The van der Waals surface area contributed by atoms with Crippen molar-refractivity contribution in [1.29, 1.82) is 0 Å². The van der Waals surface area contributed by atoms with Crippen LogP contribution in [0.4, 0.5) is 10.3 Å². The maximum atomic E-state index is 13.3. The second kappa shape index (κ2) is 7.00. The molecule has 1 aromatic heterocycles. The van der Waals surface area contributed by atoms with Crippen molar-refractivity contribution in [1.82, 2.24) is 20.1 Å². The summed E-state index contributed by atoms with van der Waals surface area (Å²) in [6, 6.07) is 4.17. The van der Waals surface area contributed by atoms with E-state index >= 15 is 0 Å². The highest BCUT2D eigenvalue weighted by molar-refractivity contribution is 5.90. The summed E-state index contributed by atoms with van der Waals surface area (Å²) in [6.45, 7) is 3.48. The molecule has 25 heavy (non-hydrogen) atoms. The molecule has 0 bridgehead atoms. The summed E-state index contributed by atoms with van der Waals surface area (Å²) in [5.41, 5.74) is 1.32. The first-order valence-electron chi connectivity index (χ1n) is 8.22. The summed E-state index contributed by atoms with van der Waals surface area (Å²) >= 11 is 0. The van der Waals surface area contributed by atoms with E-state index in [0.717, 1.165) is 12.8 Å². The molecule has 1 aromatic carbocycles. The molecule has 7 nitrogen and oxygen atoms in total. The Hall–Kier alpha value is -2.77. The van der Waals surface area contributed by atoms with Crippen LogP contribution in [-0.2, 0) is 9.59 Å². The molecule has 2 N–H and O–H groups in total. The van der Waals surface area contributed by atoms with E-state index in [0.29, 0.717) is 23.5 Å². The van der Waals surface area contributed by atoms with E-state index in [4.69, 9.17) is 0 Å². The maximum Gasteiger partial charge on any atom is 0.233 e. The molecule has 2 aromatic rings. The predicted molar refractivity (Wildman–Crippen MR) is 89.8 cm³/mol. The van der Waals surface area contributed by atoms with Gasteiger partial charge < -0.3 is 5.32 Å². The van der Waals surface area contributed by atoms with E-state index in [1.807, 2.05) is 0 Å². The van der Waals surface area contributed by atoms with Gasteiger partial charge in [-0.05, 0) is 50.5 Å². The fraction of sp³-hybridized carbons (Fsp3) is 0.412. The minimum absolute atomic E-state index is 0.0231. The summed E-state index contributed by atoms with van der Waals surface area (Å²) in [5.74, 6) is 0.159. The zero-order chi connectivity index (χ0) is 18.0. The number of aryl methyl sites for hydroxylation is 2. The lowest BCUT2D eigenvalue weighted by atomic mass is 10.0. The molecule has 0 saturated carbocycles. The number of anilines is 1. The molecule has 1 fully saturated rings. The number of piperidine rings is 1. The number of carbonyl (C=O) groups is 2. The highest BCUT2D eigenvalue weighted by atomic mass is 19.1. The van der Waals surface area contributed by atoms with Crippen molar-refractivity contribution < 1.29 is 14.0 Å². The molecule has 2 heterocycles. The van der Waals surface area contributed by atoms with E-state index < -0.39 is 0 Å². The van der Waals surface area contributed by atoms with Crippen LogP contribution < -0.4 is 10.6 Å². The fourth-order valence-electron chi connectivity index (χ4n) is 2.95. The first-order valence-corrected chi connectivity index (χ1v) is 8.22. The molecule has 1 atom stereocenters. The van der Waals surface area contributed by atoms with Gasteiger partial charge in [-0.15, -0.1) is 5.10 Å². The van der Waals surface area contributed by atoms with Crippen molar-refractivity contribution in [2.24, 2.45) is 0 Å². The fourth-order valence-corrected chi connectivity index (χ4v) is 2.95. The number of halogens is 1. The Balaban J connectivity index is 1.76. The van der Waals surface area contributed by atoms with Gasteiger partial charge in [-0.2, -0.15) is 9.67 Å². The normalized spacial score (nSPS) is 17.2. The van der Waals surface area contributed by atoms with E-state index in [1.54, 1.807) is 19.9 Å². The number of rotatable bonds is 4. The molecule has 1 saturated heterocycles. The Labute approximate surface area is 144 Å². The number of nitrogens with one attached hydrogen (secondary N) is 2. The Bertz CT molecular complexity index is 817. The average molecular weight is 345 g/mol. The van der Waals surface area contributed by atoms with Crippen LogP contribution >= 0.6 is 0 Å². The van der Waals surface area contributed by atoms with Gasteiger partial charge in [0.1, 0.15) is 11.6 Å². The summed E-state index contributed by atoms with van der Waals surface area (Å²) in [5, 5.41) is 9.84. The predicted octanol–water partition coefficient (Wildman–Crippen LogP) is 2.02. The van der Waals surface area contributed by atoms with E-state index in [-0.39, 0.29) is 36.0 Å². The van der Waals surface area contributed by atoms with Crippen molar-refractivity contribution in [2.75, 3.05) is 5.32 Å². The van der Waals surface area contributed by atoms with E-state index in [2.05, 4.69) is 20.7 Å². The molecule has 0 aliphatic carbocycles. The molecule has 0 spiro atoms. The molecule has 8 heteroatoms. The monoisotopic (exact) mass is 345 g/mol. The number of carbonyl (C=O) groups excluding carboxylic acids is 2. The summed E-state index contributed by atoms with van der Waals surface area (Å²) in [7, 11) is 0. The Morgan fingerprint density at radius 2 is 2.24 bits per heavy atom. The van der Waals surface area contributed by atoms with Gasteiger partial charge in [0.05, 0.1) is 5.69 Å². The van der Waals surface area contributed by atoms with Gasteiger partial charge in [0.2, 0.25) is 17.8 Å². The molecule has 1 unspecified atom stereocenters. The van der Waals surface area contributed by atoms with E-state index in [1.165, 1.54) is 16.8 Å². The topological polar surface area (TPSA) is 88.9 Å². The van der Waals surface area contributed by atoms with Crippen LogP contribution in [0.3, 0.4) is 0 Å². The Morgan fingerprint density at radius 3 is 2.96 bits per heavy atom. The second-order valence-corrected chi connectivity index (χ2v) is 6.23. The van der Waals surface area contributed by atoms with Crippen molar-refractivity contribution in [3.05, 3.63) is 35.4 Å². The third kappa shape index (κ3) is 4.01. The van der Waals surface area contributed by atoms with Crippen LogP contribution in [0.15, 0.2) is 18.2 Å². The molecule has 0 radical (unpaired) electrons. The number of hydrogen-bond acceptors (Lipinski definition) is 4. The highest BCUT2D eigenvalue weighted by Crippen LogP contribution is 2.19. The number of nitrogens with zero attached hydrogens (tertiary/aromatic N) is 3. The minimum atomic E-state index is -0.336. The SMILES string of the molecule is Cc1nc(NC(=O)CC2CCCC(=O)N2)n(-c2ccc(F)cc2C)n1. The van der Waals surface area contributed by atoms with Gasteiger partial charge in [0, 0.05) is 18.9 Å². The molecule has 1 aliphatic heterocycles. The smallest absolute Gasteiger partial charge is 0.233 e. The van der Waals surface area contributed by atoms with Gasteiger partial charge in [-0.25, -0.2) is 4.39 Å². The van der Waals surface area contributed by atoms with Crippen molar-refractivity contribution >= 4 is 17.8 Å². The van der Waals surface area contributed by atoms with E-state index in [9.17, 15) is 14.0 Å². The lowest BCUT2D eigenvalue weighted by molar-refractivity contribution is -0.124. The zero-order valence-electron chi connectivity index (χ0n) is 14.2. The quantitative estimate of drug-likeness (QED) is 0.887. The van der Waals surface area contributed by atoms with Crippen LogP contribution in [0.5, 0.6) is 0 Å². The number of benzene rings is 1. The number of amides is 2. The van der Waals surface area contributed by atoms with Gasteiger partial charge in [-0.3, -0.25) is 14.9 Å². The van der Waals surface area contributed by atoms with Gasteiger partial charge in [-0.1, -0.05) is 0 Å². The highest BCUT2D eigenvalue weighted by Gasteiger charge is 2.22. The maximum absolute atomic E-state index is 13.3. The molecular formula is C17H20FN5O2. The summed E-state index contributed by atoms with van der Waals surface area (Å²) in [4.78, 5) is 28.0. The van der Waals surface area contributed by atoms with Crippen LogP contribution in [0.2, 0.25) is 0 Å². The lowest BCUT2D eigenvalue weighted by Crippen LogP contribution is -2.40. The van der Waals surface area contributed by atoms with Crippen molar-refractivity contribution in [2.45, 2.75) is 45.6 Å². The van der Waals surface area contributed by atoms with Crippen LogP contribution in [-0.4, -0.2) is 32.6 Å². The molecule has 3 rings (SSSR count). The first kappa shape index (κ1) is 17.1. The van der Waals surface area contributed by atoms with Crippen LogP contribution in [0.1, 0.15) is 37.1 Å². The third-order valence-corrected chi connectivity index (χ3v) is 4.10. The van der Waals surface area contributed by atoms with Crippen LogP contribution in [0.25, 0.3) is 5.69 Å². The first-order chi connectivity index (χ1) is 11.9. The van der Waals surface area contributed by atoms with Gasteiger partial charge >= 0.3 is 0 Å². The van der Waals surface area contributed by atoms with Gasteiger partial charge in [0.15, 0.2) is 0 Å². The average Bonchev–Trinajstić information content (AvgIpc) is 2.87. The summed E-state index contributed by atoms with van der Waals surface area (Å²) in [6.07, 6.45) is 2.26. The molecule has 2 amide bonds. The Kier molecular flexibility index (Phi) is 4.78. The third-order valence-electron chi connectivity index (χ3n) is 4.10. The molecule has 1 aliphatic rings. The minimum Gasteiger partial charge on any atom is -0.353 e. The number of hydrogen-bond donors (Lipinski definition) is 2. The van der Waals surface area contributed by atoms with Gasteiger partial charge in [0.25, 0.3) is 0 Å². The van der Waals surface area contributed by atoms with Crippen LogP contribution in [0, 0.1) is 19.7 Å². The van der Waals surface area contributed by atoms with Crippen molar-refractivity contribution in [3.63, 3.8) is 0 Å². The molecule has 132 valence electrons. The second-order valence-electron chi connectivity index (χ2n) is 6.23. The molecular weight excluding hydrogens is 325 g/mol. The number of aromatic nitrogens is 3. The summed E-state index contributed by atoms with van der Waals surface area (Å²) < 4.78 is 14.8.